The van der Waals surface area contributed by atoms with E-state index in [0.717, 1.165) is 0 Å². The molecule has 0 unspecified atom stereocenters. The molecule has 1 aliphatic heterocycles. The number of carboxylic acid groups (broad SMARTS) is 1. The molecule has 1 heterocycles. The largest absolute Gasteiger partial charge is 0.481 e. The van der Waals surface area contributed by atoms with Crippen LogP contribution in [0.1, 0.15) is 22.3 Å². The first-order valence-corrected chi connectivity index (χ1v) is 9.48. The fraction of sp³-hybridized carbons (Fsp3) is 0.143. The van der Waals surface area contributed by atoms with Gasteiger partial charge in [-0.05, 0) is 42.3 Å². The third-order valence-corrected chi connectivity index (χ3v) is 4.27. The first-order valence-electron chi connectivity index (χ1n) is 9.48. The number of guanidine groups is 1. The van der Waals surface area contributed by atoms with Gasteiger partial charge in [-0.25, -0.2) is 0 Å². The summed E-state index contributed by atoms with van der Waals surface area (Å²) in [4.78, 5) is 35.7. The molecule has 0 aliphatic carbocycles. The van der Waals surface area contributed by atoms with Crippen LogP contribution < -0.4 is 31.2 Å². The van der Waals surface area contributed by atoms with Gasteiger partial charge in [0.05, 0.1) is 12.2 Å². The van der Waals surface area contributed by atoms with Crippen molar-refractivity contribution in [3.8, 4) is 11.5 Å². The Bertz CT molecular complexity index is 1100. The van der Waals surface area contributed by atoms with Gasteiger partial charge in [-0.3, -0.25) is 19.8 Å². The van der Waals surface area contributed by atoms with Crippen LogP contribution in [0, 0.1) is 5.41 Å². The van der Waals surface area contributed by atoms with E-state index >= 15 is 0 Å². The number of hydrogen-bond donors (Lipinski definition) is 6. The minimum absolute atomic E-state index is 0.0868. The van der Waals surface area contributed by atoms with Crippen LogP contribution in [-0.4, -0.2) is 35.4 Å². The molecular formula is C21H21N5O6. The number of nitrogens with one attached hydrogen (secondary N) is 4. The topological polar surface area (TPSA) is 176 Å². The SMILES string of the molecule is N=C(N)Nc1cccc(C(=O)NCC(=O)Nc2cc(CCC(=O)O)cc3c2OC=CO3)c1. The second-order valence-corrected chi connectivity index (χ2v) is 6.72. The van der Waals surface area contributed by atoms with Crippen molar-refractivity contribution in [1.82, 2.24) is 5.32 Å². The van der Waals surface area contributed by atoms with E-state index in [0.29, 0.717) is 22.7 Å². The van der Waals surface area contributed by atoms with Gasteiger partial charge >= 0.3 is 5.97 Å². The normalized spacial score (nSPS) is 11.4. The molecule has 32 heavy (non-hydrogen) atoms. The van der Waals surface area contributed by atoms with Crippen molar-refractivity contribution in [3.05, 3.63) is 60.0 Å². The molecule has 1 aliphatic rings. The maximum absolute atomic E-state index is 12.4. The quantitative estimate of drug-likeness (QED) is 0.265. The van der Waals surface area contributed by atoms with Crippen molar-refractivity contribution in [1.29, 1.82) is 5.41 Å². The van der Waals surface area contributed by atoms with Gasteiger partial charge in [-0.1, -0.05) is 6.07 Å². The lowest BCUT2D eigenvalue weighted by molar-refractivity contribution is -0.137. The summed E-state index contributed by atoms with van der Waals surface area (Å²) in [5, 5.41) is 23.9. The summed E-state index contributed by atoms with van der Waals surface area (Å²) in [6.07, 6.45) is 2.78. The Labute approximate surface area is 182 Å². The number of carboxylic acids is 1. The summed E-state index contributed by atoms with van der Waals surface area (Å²) < 4.78 is 10.8. The van der Waals surface area contributed by atoms with Crippen LogP contribution >= 0.6 is 0 Å². The molecule has 0 spiro atoms. The molecule has 0 fully saturated rings. The van der Waals surface area contributed by atoms with E-state index in [1.54, 1.807) is 30.3 Å². The summed E-state index contributed by atoms with van der Waals surface area (Å²) in [5.41, 5.74) is 6.95. The van der Waals surface area contributed by atoms with Crippen LogP contribution in [0.3, 0.4) is 0 Å². The summed E-state index contributed by atoms with van der Waals surface area (Å²) in [6.45, 7) is -0.325. The molecule has 2 amide bonds. The number of ether oxygens (including phenoxy) is 2. The predicted molar refractivity (Wildman–Crippen MR) is 116 cm³/mol. The van der Waals surface area contributed by atoms with E-state index in [-0.39, 0.29) is 36.7 Å². The number of carbonyl (C=O) groups excluding carboxylic acids is 2. The highest BCUT2D eigenvalue weighted by atomic mass is 16.5. The Morgan fingerprint density at radius 1 is 1.06 bits per heavy atom. The van der Waals surface area contributed by atoms with Gasteiger partial charge in [0.25, 0.3) is 5.91 Å². The molecule has 7 N–H and O–H groups in total. The number of rotatable bonds is 8. The van der Waals surface area contributed by atoms with Gasteiger partial charge in [0.15, 0.2) is 17.5 Å². The molecule has 11 nitrogen and oxygen atoms in total. The fourth-order valence-electron chi connectivity index (χ4n) is 2.90. The van der Waals surface area contributed by atoms with Crippen LogP contribution in [0.5, 0.6) is 11.5 Å². The van der Waals surface area contributed by atoms with Crippen molar-refractivity contribution in [3.63, 3.8) is 0 Å². The highest BCUT2D eigenvalue weighted by Gasteiger charge is 2.18. The van der Waals surface area contributed by atoms with Crippen molar-refractivity contribution < 1.29 is 29.0 Å². The molecule has 166 valence electrons. The summed E-state index contributed by atoms with van der Waals surface area (Å²) in [5.74, 6) is -1.62. The number of aliphatic carboxylic acids is 1. The zero-order valence-electron chi connectivity index (χ0n) is 16.8. The highest BCUT2D eigenvalue weighted by Crippen LogP contribution is 2.39. The van der Waals surface area contributed by atoms with Crippen LogP contribution in [-0.2, 0) is 16.0 Å². The molecular weight excluding hydrogens is 418 g/mol. The standard InChI is InChI=1S/C21H21N5O6/c22-21(23)25-14-3-1-2-13(10-14)20(30)24-11-17(27)26-15-8-12(4-5-18(28)29)9-16-19(15)32-7-6-31-16/h1-3,6-10H,4-5,11H2,(H,24,30)(H,26,27)(H,28,29)(H4,22,23,25). The Hall–Kier alpha value is -4.54. The summed E-state index contributed by atoms with van der Waals surface area (Å²) >= 11 is 0. The first-order chi connectivity index (χ1) is 15.3. The molecule has 0 aromatic heterocycles. The second-order valence-electron chi connectivity index (χ2n) is 6.72. The molecule has 0 atom stereocenters. The average Bonchev–Trinajstić information content (AvgIpc) is 2.75. The third-order valence-electron chi connectivity index (χ3n) is 4.27. The van der Waals surface area contributed by atoms with Crippen LogP contribution in [0.25, 0.3) is 0 Å². The summed E-state index contributed by atoms with van der Waals surface area (Å²) in [7, 11) is 0. The van der Waals surface area contributed by atoms with E-state index in [1.807, 2.05) is 0 Å². The van der Waals surface area contributed by atoms with E-state index in [9.17, 15) is 14.4 Å². The van der Waals surface area contributed by atoms with Crippen LogP contribution in [0.2, 0.25) is 0 Å². The van der Waals surface area contributed by atoms with Gasteiger partial charge < -0.3 is 36.3 Å². The van der Waals surface area contributed by atoms with Crippen molar-refractivity contribution in [2.24, 2.45) is 5.73 Å². The number of amides is 2. The van der Waals surface area contributed by atoms with Gasteiger partial charge in [0, 0.05) is 17.7 Å². The second kappa shape index (κ2) is 9.98. The van der Waals surface area contributed by atoms with E-state index in [4.69, 9.17) is 25.7 Å². The van der Waals surface area contributed by atoms with Gasteiger partial charge in [-0.15, -0.1) is 0 Å². The van der Waals surface area contributed by atoms with Crippen molar-refractivity contribution in [2.45, 2.75) is 12.8 Å². The van der Waals surface area contributed by atoms with Gasteiger partial charge in [0.2, 0.25) is 5.91 Å². The maximum Gasteiger partial charge on any atom is 0.303 e. The first kappa shape index (κ1) is 22.2. The van der Waals surface area contributed by atoms with Crippen molar-refractivity contribution >= 4 is 35.1 Å². The molecule has 2 aromatic carbocycles. The van der Waals surface area contributed by atoms with Crippen molar-refractivity contribution in [2.75, 3.05) is 17.2 Å². The zero-order valence-corrected chi connectivity index (χ0v) is 16.8. The lowest BCUT2D eigenvalue weighted by Crippen LogP contribution is -2.33. The minimum atomic E-state index is -0.948. The maximum atomic E-state index is 12.4. The molecule has 0 saturated carbocycles. The number of anilines is 2. The van der Waals surface area contributed by atoms with E-state index in [2.05, 4.69) is 16.0 Å². The molecule has 2 aromatic rings. The number of hydrogen-bond acceptors (Lipinski definition) is 6. The predicted octanol–water partition coefficient (Wildman–Crippen LogP) is 1.62. The Morgan fingerprint density at radius 3 is 2.59 bits per heavy atom. The van der Waals surface area contributed by atoms with E-state index in [1.165, 1.54) is 18.6 Å². The molecule has 0 bridgehead atoms. The number of fused-ring (bicyclic) bond motifs is 1. The Kier molecular flexibility index (Phi) is 6.91. The third kappa shape index (κ3) is 5.98. The highest BCUT2D eigenvalue weighted by molar-refractivity contribution is 6.01. The van der Waals surface area contributed by atoms with Crippen LogP contribution in [0.15, 0.2) is 48.9 Å². The smallest absolute Gasteiger partial charge is 0.303 e. The molecule has 0 saturated heterocycles. The van der Waals surface area contributed by atoms with E-state index < -0.39 is 17.8 Å². The lowest BCUT2D eigenvalue weighted by atomic mass is 10.1. The average molecular weight is 439 g/mol. The molecule has 3 rings (SSSR count). The lowest BCUT2D eigenvalue weighted by Gasteiger charge is -2.18. The molecule has 0 radical (unpaired) electrons. The van der Waals surface area contributed by atoms with Crippen LogP contribution in [0.4, 0.5) is 11.4 Å². The van der Waals surface area contributed by atoms with Gasteiger partial charge in [0.1, 0.15) is 12.5 Å². The number of nitrogens with two attached hydrogens (primary N) is 1. The zero-order chi connectivity index (χ0) is 23.1. The summed E-state index contributed by atoms with van der Waals surface area (Å²) in [6, 6.07) is 9.54. The minimum Gasteiger partial charge on any atom is -0.481 e. The number of carbonyl (C=O) groups is 3. The Balaban J connectivity index is 1.65. The molecule has 11 heteroatoms. The van der Waals surface area contributed by atoms with Gasteiger partial charge in [-0.2, -0.15) is 0 Å². The fourth-order valence-corrected chi connectivity index (χ4v) is 2.90. The number of aryl methyl sites for hydroxylation is 1. The Morgan fingerprint density at radius 2 is 1.84 bits per heavy atom. The monoisotopic (exact) mass is 439 g/mol. The number of benzene rings is 2.